The maximum Gasteiger partial charge on any atom is 0.363 e. The lowest BCUT2D eigenvalue weighted by molar-refractivity contribution is -0.150. The first-order chi connectivity index (χ1) is 16.1. The van der Waals surface area contributed by atoms with E-state index in [1.807, 2.05) is 103 Å². The molecule has 0 saturated carbocycles. The highest BCUT2D eigenvalue weighted by atomic mass is 16.7. The third kappa shape index (κ3) is 4.92. The standard InChI is InChI=1S/C25H28N6O2/c1-28-17-18-32-25(33-21-15-9-4-10-16-21)22(26)23(27)29-24(30-25)31(19-11-5-2-6-12-19)20-13-7-3-8-14-20/h2-16,28H,17-18,26-27H2,1H3,(H,29,30). The van der Waals surface area contributed by atoms with E-state index in [0.29, 0.717) is 24.9 Å². The van der Waals surface area contributed by atoms with E-state index in [1.54, 1.807) is 0 Å². The Hall–Kier alpha value is -4.01. The van der Waals surface area contributed by atoms with E-state index in [4.69, 9.17) is 25.9 Å². The van der Waals surface area contributed by atoms with Crippen LogP contribution in [0.15, 0.2) is 108 Å². The van der Waals surface area contributed by atoms with E-state index in [0.717, 1.165) is 11.4 Å². The molecule has 8 heteroatoms. The molecule has 8 nitrogen and oxygen atoms in total. The zero-order valence-electron chi connectivity index (χ0n) is 18.4. The second-order valence-electron chi connectivity index (χ2n) is 7.34. The second-order valence-corrected chi connectivity index (χ2v) is 7.34. The second kappa shape index (κ2) is 10.1. The molecule has 3 aromatic rings. The van der Waals surface area contributed by atoms with Gasteiger partial charge in [-0.3, -0.25) is 4.90 Å². The number of nitrogens with one attached hydrogen (secondary N) is 2. The van der Waals surface area contributed by atoms with Crippen molar-refractivity contribution in [3.63, 3.8) is 0 Å². The normalized spacial score (nSPS) is 17.8. The van der Waals surface area contributed by atoms with Gasteiger partial charge in [0.1, 0.15) is 17.3 Å². The fourth-order valence-corrected chi connectivity index (χ4v) is 3.40. The van der Waals surface area contributed by atoms with E-state index in [2.05, 4.69) is 10.6 Å². The quantitative estimate of drug-likeness (QED) is 0.312. The minimum atomic E-state index is -1.65. The summed E-state index contributed by atoms with van der Waals surface area (Å²) >= 11 is 0. The van der Waals surface area contributed by atoms with Gasteiger partial charge in [0.2, 0.25) is 5.96 Å². The molecule has 1 aliphatic heterocycles. The van der Waals surface area contributed by atoms with Crippen LogP contribution < -0.4 is 31.7 Å². The molecule has 6 N–H and O–H groups in total. The lowest BCUT2D eigenvalue weighted by Gasteiger charge is -2.37. The molecular weight excluding hydrogens is 416 g/mol. The number of likely N-dealkylation sites (N-methyl/N-ethyl adjacent to an activating group) is 1. The molecule has 1 atom stereocenters. The van der Waals surface area contributed by atoms with Crippen LogP contribution in [-0.2, 0) is 4.74 Å². The molecule has 1 unspecified atom stereocenters. The number of guanidine groups is 1. The molecule has 0 saturated heterocycles. The number of para-hydroxylation sites is 3. The molecule has 170 valence electrons. The van der Waals surface area contributed by atoms with Gasteiger partial charge >= 0.3 is 5.91 Å². The molecule has 0 amide bonds. The molecule has 0 radical (unpaired) electrons. The fourth-order valence-electron chi connectivity index (χ4n) is 3.40. The summed E-state index contributed by atoms with van der Waals surface area (Å²) in [4.78, 5) is 6.80. The van der Waals surface area contributed by atoms with Crippen molar-refractivity contribution < 1.29 is 9.47 Å². The van der Waals surface area contributed by atoms with Crippen LogP contribution in [0.3, 0.4) is 0 Å². The molecule has 0 bridgehead atoms. The number of rotatable bonds is 8. The highest BCUT2D eigenvalue weighted by Gasteiger charge is 2.44. The van der Waals surface area contributed by atoms with Gasteiger partial charge in [0.05, 0.1) is 6.61 Å². The molecule has 0 aromatic heterocycles. The van der Waals surface area contributed by atoms with Gasteiger partial charge in [-0.15, -0.1) is 0 Å². The van der Waals surface area contributed by atoms with Crippen LogP contribution in [-0.4, -0.2) is 32.1 Å². The third-order valence-corrected chi connectivity index (χ3v) is 5.02. The molecule has 0 aliphatic carbocycles. The van der Waals surface area contributed by atoms with Gasteiger partial charge in [0.15, 0.2) is 0 Å². The van der Waals surface area contributed by atoms with Gasteiger partial charge in [-0.1, -0.05) is 54.6 Å². The van der Waals surface area contributed by atoms with Crippen LogP contribution in [0.5, 0.6) is 5.75 Å². The molecule has 1 aliphatic rings. The Labute approximate surface area is 193 Å². The van der Waals surface area contributed by atoms with Gasteiger partial charge in [-0.05, 0) is 43.4 Å². The van der Waals surface area contributed by atoms with E-state index in [-0.39, 0.29) is 11.5 Å². The molecule has 0 spiro atoms. The van der Waals surface area contributed by atoms with Gasteiger partial charge < -0.3 is 31.6 Å². The smallest absolute Gasteiger partial charge is 0.363 e. The summed E-state index contributed by atoms with van der Waals surface area (Å²) in [5.41, 5.74) is 14.7. The fraction of sp³-hybridized carbons (Fsp3) is 0.160. The molecule has 4 rings (SSSR count). The Morgan fingerprint density at radius 1 is 0.879 bits per heavy atom. The predicted octanol–water partition coefficient (Wildman–Crippen LogP) is 2.84. The molecule has 1 heterocycles. The van der Waals surface area contributed by atoms with Crippen LogP contribution in [0, 0.1) is 0 Å². The zero-order chi connectivity index (χ0) is 23.1. The average molecular weight is 445 g/mol. The summed E-state index contributed by atoms with van der Waals surface area (Å²) in [6, 6.07) is 28.9. The van der Waals surface area contributed by atoms with Crippen molar-refractivity contribution in [1.82, 2.24) is 10.6 Å². The summed E-state index contributed by atoms with van der Waals surface area (Å²) in [6.07, 6.45) is 0. The highest BCUT2D eigenvalue weighted by Crippen LogP contribution is 2.32. The van der Waals surface area contributed by atoms with E-state index >= 15 is 0 Å². The third-order valence-electron chi connectivity index (χ3n) is 5.02. The lowest BCUT2D eigenvalue weighted by atomic mass is 10.2. The number of ether oxygens (including phenoxy) is 2. The Morgan fingerprint density at radius 3 is 1.97 bits per heavy atom. The summed E-state index contributed by atoms with van der Waals surface area (Å²) in [5.74, 6) is -0.476. The van der Waals surface area contributed by atoms with Crippen LogP contribution in [0.25, 0.3) is 0 Å². The van der Waals surface area contributed by atoms with Gasteiger partial charge in [-0.2, -0.15) is 4.99 Å². The lowest BCUT2D eigenvalue weighted by Crippen LogP contribution is -2.55. The molecule has 0 fully saturated rings. The summed E-state index contributed by atoms with van der Waals surface area (Å²) in [5, 5.41) is 6.18. The number of aliphatic imine (C=N–C) groups is 1. The number of hydrogen-bond donors (Lipinski definition) is 4. The maximum atomic E-state index is 6.42. The first-order valence-corrected chi connectivity index (χ1v) is 10.7. The number of anilines is 2. The van der Waals surface area contributed by atoms with Crippen molar-refractivity contribution in [2.24, 2.45) is 16.5 Å². The van der Waals surface area contributed by atoms with Gasteiger partial charge in [0.25, 0.3) is 0 Å². The van der Waals surface area contributed by atoms with E-state index in [1.165, 1.54) is 0 Å². The highest BCUT2D eigenvalue weighted by molar-refractivity contribution is 6.04. The van der Waals surface area contributed by atoms with Crippen molar-refractivity contribution >= 4 is 17.3 Å². The van der Waals surface area contributed by atoms with Crippen molar-refractivity contribution in [3.05, 3.63) is 103 Å². The van der Waals surface area contributed by atoms with Crippen molar-refractivity contribution in [2.45, 2.75) is 5.91 Å². The number of nitrogens with zero attached hydrogens (tertiary/aromatic N) is 2. The van der Waals surface area contributed by atoms with Crippen molar-refractivity contribution in [2.75, 3.05) is 25.1 Å². The van der Waals surface area contributed by atoms with Crippen LogP contribution in [0.1, 0.15) is 0 Å². The largest absolute Gasteiger partial charge is 0.438 e. The number of benzene rings is 3. The first kappa shape index (κ1) is 22.2. The summed E-state index contributed by atoms with van der Waals surface area (Å²) in [6.45, 7) is 0.872. The zero-order valence-corrected chi connectivity index (χ0v) is 18.4. The molecule has 33 heavy (non-hydrogen) atoms. The van der Waals surface area contributed by atoms with Crippen LogP contribution >= 0.6 is 0 Å². The van der Waals surface area contributed by atoms with Gasteiger partial charge in [0, 0.05) is 17.9 Å². The minimum absolute atomic E-state index is 0.146. The van der Waals surface area contributed by atoms with E-state index in [9.17, 15) is 0 Å². The summed E-state index contributed by atoms with van der Waals surface area (Å²) < 4.78 is 12.4. The SMILES string of the molecule is CNCCOC1(Oc2ccccc2)N=C(N(c2ccccc2)c2ccccc2)NC(N)=C1N. The predicted molar refractivity (Wildman–Crippen MR) is 131 cm³/mol. The number of hydrogen-bond acceptors (Lipinski definition) is 8. The monoisotopic (exact) mass is 444 g/mol. The van der Waals surface area contributed by atoms with Crippen molar-refractivity contribution in [3.8, 4) is 5.75 Å². The number of nitrogens with two attached hydrogens (primary N) is 2. The Bertz CT molecular complexity index is 1070. The van der Waals surface area contributed by atoms with Gasteiger partial charge in [-0.25, -0.2) is 0 Å². The minimum Gasteiger partial charge on any atom is -0.438 e. The van der Waals surface area contributed by atoms with Crippen molar-refractivity contribution in [1.29, 1.82) is 0 Å². The Morgan fingerprint density at radius 2 is 1.42 bits per heavy atom. The average Bonchev–Trinajstić information content (AvgIpc) is 2.85. The Kier molecular flexibility index (Phi) is 6.77. The van der Waals surface area contributed by atoms with Crippen LogP contribution in [0.4, 0.5) is 11.4 Å². The summed E-state index contributed by atoms with van der Waals surface area (Å²) in [7, 11) is 1.84. The van der Waals surface area contributed by atoms with Crippen LogP contribution in [0.2, 0.25) is 0 Å². The molecule has 3 aromatic carbocycles. The topological polar surface area (TPSA) is 110 Å². The van der Waals surface area contributed by atoms with E-state index < -0.39 is 5.91 Å². The maximum absolute atomic E-state index is 6.42. The molecular formula is C25H28N6O2. The Balaban J connectivity index is 1.83. The first-order valence-electron chi connectivity index (χ1n) is 10.7.